The van der Waals surface area contributed by atoms with E-state index >= 15 is 0 Å². The number of rotatable bonds is 5. The van der Waals surface area contributed by atoms with Crippen LogP contribution in [0.1, 0.15) is 23.8 Å². The monoisotopic (exact) mass is 232 g/mol. The Morgan fingerprint density at radius 1 is 1.24 bits per heavy atom. The standard InChI is InChI=1S/C14H16O3/c1-16-14-7-3-2-6-12(14)13(15)9-8-11-5-4-10-17-11/h2-7,10,13,15H,8-9H2,1H3. The Labute approximate surface area is 101 Å². The Bertz CT molecular complexity index is 448. The SMILES string of the molecule is COc1ccccc1C(O)CCc1ccco1. The molecule has 0 saturated heterocycles. The van der Waals surface area contributed by atoms with Gasteiger partial charge in [0.2, 0.25) is 0 Å². The van der Waals surface area contributed by atoms with Crippen LogP contribution < -0.4 is 4.74 Å². The molecule has 1 atom stereocenters. The predicted octanol–water partition coefficient (Wildman–Crippen LogP) is 2.95. The molecule has 0 saturated carbocycles. The van der Waals surface area contributed by atoms with Crippen LogP contribution in [0.3, 0.4) is 0 Å². The van der Waals surface area contributed by atoms with E-state index in [0.717, 1.165) is 17.1 Å². The van der Waals surface area contributed by atoms with Gasteiger partial charge in [-0.25, -0.2) is 0 Å². The van der Waals surface area contributed by atoms with Gasteiger partial charge in [-0.1, -0.05) is 18.2 Å². The van der Waals surface area contributed by atoms with E-state index in [2.05, 4.69) is 0 Å². The highest BCUT2D eigenvalue weighted by Crippen LogP contribution is 2.27. The maximum Gasteiger partial charge on any atom is 0.124 e. The van der Waals surface area contributed by atoms with Crippen molar-refractivity contribution >= 4 is 0 Å². The van der Waals surface area contributed by atoms with Crippen molar-refractivity contribution in [2.45, 2.75) is 18.9 Å². The van der Waals surface area contributed by atoms with Crippen LogP contribution in [0.2, 0.25) is 0 Å². The van der Waals surface area contributed by atoms with Crippen molar-refractivity contribution in [3.63, 3.8) is 0 Å². The Hall–Kier alpha value is -1.74. The van der Waals surface area contributed by atoms with E-state index in [4.69, 9.17) is 9.15 Å². The molecule has 1 aromatic carbocycles. The van der Waals surface area contributed by atoms with Crippen LogP contribution in [0, 0.1) is 0 Å². The van der Waals surface area contributed by atoms with Crippen molar-refractivity contribution in [3.05, 3.63) is 54.0 Å². The normalized spacial score (nSPS) is 12.4. The molecular formula is C14H16O3. The average molecular weight is 232 g/mol. The summed E-state index contributed by atoms with van der Waals surface area (Å²) in [6.45, 7) is 0. The molecule has 0 aliphatic rings. The molecule has 1 heterocycles. The van der Waals surface area contributed by atoms with Crippen LogP contribution >= 0.6 is 0 Å². The van der Waals surface area contributed by atoms with E-state index < -0.39 is 6.10 Å². The van der Waals surface area contributed by atoms with Gasteiger partial charge >= 0.3 is 0 Å². The summed E-state index contributed by atoms with van der Waals surface area (Å²) < 4.78 is 10.5. The Morgan fingerprint density at radius 2 is 2.06 bits per heavy atom. The number of aryl methyl sites for hydroxylation is 1. The second-order valence-corrected chi connectivity index (χ2v) is 3.88. The molecule has 0 spiro atoms. The largest absolute Gasteiger partial charge is 0.496 e. The van der Waals surface area contributed by atoms with E-state index in [0.29, 0.717) is 12.8 Å². The fraction of sp³-hybridized carbons (Fsp3) is 0.286. The van der Waals surface area contributed by atoms with Crippen LogP contribution in [0.25, 0.3) is 0 Å². The Kier molecular flexibility index (Phi) is 3.83. The summed E-state index contributed by atoms with van der Waals surface area (Å²) in [4.78, 5) is 0. The zero-order chi connectivity index (χ0) is 12.1. The van der Waals surface area contributed by atoms with Crippen molar-refractivity contribution < 1.29 is 14.3 Å². The van der Waals surface area contributed by atoms with Gasteiger partial charge in [0.1, 0.15) is 11.5 Å². The van der Waals surface area contributed by atoms with Gasteiger partial charge in [-0.05, 0) is 24.6 Å². The quantitative estimate of drug-likeness (QED) is 0.861. The first-order valence-corrected chi connectivity index (χ1v) is 5.64. The molecule has 0 aliphatic heterocycles. The number of methoxy groups -OCH3 is 1. The van der Waals surface area contributed by atoms with Crippen LogP contribution in [0.5, 0.6) is 5.75 Å². The van der Waals surface area contributed by atoms with Gasteiger partial charge in [-0.2, -0.15) is 0 Å². The summed E-state index contributed by atoms with van der Waals surface area (Å²) in [5.74, 6) is 1.61. The highest BCUT2D eigenvalue weighted by molar-refractivity contribution is 5.34. The summed E-state index contributed by atoms with van der Waals surface area (Å²) in [5, 5.41) is 10.1. The second-order valence-electron chi connectivity index (χ2n) is 3.88. The Balaban J connectivity index is 2.01. The first kappa shape index (κ1) is 11.7. The number of benzene rings is 1. The Morgan fingerprint density at radius 3 is 2.76 bits per heavy atom. The lowest BCUT2D eigenvalue weighted by Crippen LogP contribution is -2.01. The van der Waals surface area contributed by atoms with Crippen LogP contribution in [0.15, 0.2) is 47.1 Å². The van der Waals surface area contributed by atoms with Gasteiger partial charge in [0.15, 0.2) is 0 Å². The molecule has 0 fully saturated rings. The zero-order valence-electron chi connectivity index (χ0n) is 9.80. The number of furan rings is 1. The first-order chi connectivity index (χ1) is 8.31. The topological polar surface area (TPSA) is 42.6 Å². The molecule has 3 nitrogen and oxygen atoms in total. The van der Waals surface area contributed by atoms with Gasteiger partial charge in [-0.15, -0.1) is 0 Å². The minimum absolute atomic E-state index is 0.531. The first-order valence-electron chi connectivity index (χ1n) is 5.64. The predicted molar refractivity (Wildman–Crippen MR) is 65.0 cm³/mol. The summed E-state index contributed by atoms with van der Waals surface area (Å²) in [7, 11) is 1.61. The molecule has 1 aromatic heterocycles. The second kappa shape index (κ2) is 5.55. The molecule has 90 valence electrons. The van der Waals surface area contributed by atoms with Crippen molar-refractivity contribution in [2.75, 3.05) is 7.11 Å². The minimum atomic E-state index is -0.531. The highest BCUT2D eigenvalue weighted by Gasteiger charge is 2.13. The van der Waals surface area contributed by atoms with Gasteiger partial charge < -0.3 is 14.3 Å². The third-order valence-corrected chi connectivity index (χ3v) is 2.74. The number of hydrogen-bond acceptors (Lipinski definition) is 3. The lowest BCUT2D eigenvalue weighted by Gasteiger charge is -2.13. The molecule has 0 amide bonds. The van der Waals surface area contributed by atoms with Gasteiger partial charge in [-0.3, -0.25) is 0 Å². The summed E-state index contributed by atoms with van der Waals surface area (Å²) in [6.07, 6.45) is 2.45. The molecule has 17 heavy (non-hydrogen) atoms. The lowest BCUT2D eigenvalue weighted by molar-refractivity contribution is 0.161. The summed E-state index contributed by atoms with van der Waals surface area (Å²) in [6, 6.07) is 11.3. The molecule has 1 unspecified atom stereocenters. The molecule has 1 N–H and O–H groups in total. The van der Waals surface area contributed by atoms with Crippen molar-refractivity contribution in [1.82, 2.24) is 0 Å². The maximum atomic E-state index is 10.1. The molecule has 3 heteroatoms. The van der Waals surface area contributed by atoms with E-state index in [9.17, 15) is 5.11 Å². The fourth-order valence-electron chi connectivity index (χ4n) is 1.83. The number of para-hydroxylation sites is 1. The molecule has 0 radical (unpaired) electrons. The number of aliphatic hydroxyl groups is 1. The third kappa shape index (κ3) is 2.88. The average Bonchev–Trinajstić information content (AvgIpc) is 2.89. The molecule has 0 bridgehead atoms. The smallest absolute Gasteiger partial charge is 0.124 e. The van der Waals surface area contributed by atoms with Crippen molar-refractivity contribution in [2.24, 2.45) is 0 Å². The zero-order valence-corrected chi connectivity index (χ0v) is 9.80. The molecular weight excluding hydrogens is 216 g/mol. The lowest BCUT2D eigenvalue weighted by atomic mass is 10.0. The van der Waals surface area contributed by atoms with Crippen LogP contribution in [0.4, 0.5) is 0 Å². The number of aliphatic hydroxyl groups excluding tert-OH is 1. The van der Waals surface area contributed by atoms with Crippen LogP contribution in [-0.2, 0) is 6.42 Å². The van der Waals surface area contributed by atoms with E-state index in [1.54, 1.807) is 13.4 Å². The van der Waals surface area contributed by atoms with Gasteiger partial charge in [0, 0.05) is 12.0 Å². The van der Waals surface area contributed by atoms with Gasteiger partial charge in [0.05, 0.1) is 19.5 Å². The highest BCUT2D eigenvalue weighted by atomic mass is 16.5. The summed E-state index contributed by atoms with van der Waals surface area (Å²) in [5.41, 5.74) is 0.821. The van der Waals surface area contributed by atoms with Crippen LogP contribution in [-0.4, -0.2) is 12.2 Å². The van der Waals surface area contributed by atoms with E-state index in [-0.39, 0.29) is 0 Å². The molecule has 0 aliphatic carbocycles. The van der Waals surface area contributed by atoms with E-state index in [1.807, 2.05) is 36.4 Å². The van der Waals surface area contributed by atoms with E-state index in [1.165, 1.54) is 0 Å². The number of hydrogen-bond donors (Lipinski definition) is 1. The third-order valence-electron chi connectivity index (χ3n) is 2.74. The van der Waals surface area contributed by atoms with Crippen molar-refractivity contribution in [3.8, 4) is 5.75 Å². The molecule has 2 aromatic rings. The van der Waals surface area contributed by atoms with Gasteiger partial charge in [0.25, 0.3) is 0 Å². The fourth-order valence-corrected chi connectivity index (χ4v) is 1.83. The molecule has 2 rings (SSSR count). The summed E-state index contributed by atoms with van der Waals surface area (Å²) >= 11 is 0. The number of ether oxygens (including phenoxy) is 1. The minimum Gasteiger partial charge on any atom is -0.496 e. The van der Waals surface area contributed by atoms with Crippen molar-refractivity contribution in [1.29, 1.82) is 0 Å². The maximum absolute atomic E-state index is 10.1.